The zero-order valence-corrected chi connectivity index (χ0v) is 16.5. The van der Waals surface area contributed by atoms with E-state index < -0.39 is 0 Å². The molecule has 4 rings (SSSR count). The highest BCUT2D eigenvalue weighted by atomic mass is 32.1. The summed E-state index contributed by atoms with van der Waals surface area (Å²) in [5.74, 6) is 0.130. The molecule has 1 atom stereocenters. The van der Waals surface area contributed by atoms with Crippen LogP contribution in [0.3, 0.4) is 0 Å². The number of carbonyl (C=O) groups excluding carboxylic acids is 1. The van der Waals surface area contributed by atoms with Gasteiger partial charge >= 0.3 is 0 Å². The number of aryl methyl sites for hydroxylation is 1. The van der Waals surface area contributed by atoms with Crippen LogP contribution in [0.1, 0.15) is 17.6 Å². The number of aromatic nitrogens is 4. The zero-order chi connectivity index (χ0) is 19.0. The van der Waals surface area contributed by atoms with Gasteiger partial charge in [-0.15, -0.1) is 10.2 Å². The molecular weight excluding hydrogens is 360 g/mol. The van der Waals surface area contributed by atoms with Gasteiger partial charge in [0.2, 0.25) is 5.91 Å². The van der Waals surface area contributed by atoms with Crippen molar-refractivity contribution in [3.05, 3.63) is 35.2 Å². The topological polar surface area (TPSA) is 75.1 Å². The third-order valence-electron chi connectivity index (χ3n) is 5.04. The normalized spacial score (nSPS) is 18.2. The number of hydrogen-bond acceptors (Lipinski definition) is 7. The molecule has 0 unspecified atom stereocenters. The SMILES string of the molecule is Cc1nnc(-c2cnc3cnc(CC(=O)N4CCN(C)[C@H](C)C4)cc3c2)s1. The molecule has 1 aliphatic heterocycles. The van der Waals surface area contributed by atoms with Crippen LogP contribution in [-0.4, -0.2) is 68.6 Å². The number of pyridine rings is 2. The summed E-state index contributed by atoms with van der Waals surface area (Å²) in [5.41, 5.74) is 2.51. The summed E-state index contributed by atoms with van der Waals surface area (Å²) in [6.45, 7) is 6.53. The van der Waals surface area contributed by atoms with Gasteiger partial charge < -0.3 is 9.80 Å². The molecule has 3 aromatic heterocycles. The van der Waals surface area contributed by atoms with Crippen molar-refractivity contribution in [2.75, 3.05) is 26.7 Å². The maximum atomic E-state index is 12.7. The second-order valence-electron chi connectivity index (χ2n) is 7.06. The number of likely N-dealkylation sites (N-methyl/N-ethyl adjacent to an activating group) is 1. The Morgan fingerprint density at radius 3 is 2.81 bits per heavy atom. The van der Waals surface area contributed by atoms with Crippen LogP contribution >= 0.6 is 11.3 Å². The van der Waals surface area contributed by atoms with E-state index in [1.54, 1.807) is 23.7 Å². The van der Waals surface area contributed by atoms with Gasteiger partial charge in [-0.2, -0.15) is 0 Å². The highest BCUT2D eigenvalue weighted by Crippen LogP contribution is 2.25. The molecule has 0 aliphatic carbocycles. The standard InChI is InChI=1S/C19H22N6OS/c1-12-11-25(5-4-24(12)3)18(26)8-16-7-14-6-15(9-21-17(14)10-20-16)19-23-22-13(2)27-19/h6-7,9-10,12H,4-5,8,11H2,1-3H3/t12-/m1/s1. The van der Waals surface area contributed by atoms with E-state index in [9.17, 15) is 4.79 Å². The average Bonchev–Trinajstić information content (AvgIpc) is 3.09. The first-order valence-corrected chi connectivity index (χ1v) is 9.84. The van der Waals surface area contributed by atoms with Crippen molar-refractivity contribution in [2.45, 2.75) is 26.3 Å². The van der Waals surface area contributed by atoms with Gasteiger partial charge in [0.25, 0.3) is 0 Å². The molecule has 140 valence electrons. The molecule has 1 fully saturated rings. The Balaban J connectivity index is 1.54. The Morgan fingerprint density at radius 1 is 1.22 bits per heavy atom. The summed E-state index contributed by atoms with van der Waals surface area (Å²) in [6.07, 6.45) is 3.84. The zero-order valence-electron chi connectivity index (χ0n) is 15.7. The summed E-state index contributed by atoms with van der Waals surface area (Å²) in [4.78, 5) is 25.8. The van der Waals surface area contributed by atoms with E-state index in [2.05, 4.69) is 39.0 Å². The van der Waals surface area contributed by atoms with Gasteiger partial charge in [0.15, 0.2) is 0 Å². The second-order valence-corrected chi connectivity index (χ2v) is 8.25. The van der Waals surface area contributed by atoms with E-state index in [0.29, 0.717) is 12.5 Å². The minimum Gasteiger partial charge on any atom is -0.340 e. The minimum absolute atomic E-state index is 0.130. The van der Waals surface area contributed by atoms with E-state index in [-0.39, 0.29) is 5.91 Å². The summed E-state index contributed by atoms with van der Waals surface area (Å²) in [5, 5.41) is 11.0. The smallest absolute Gasteiger partial charge is 0.228 e. The Labute approximate surface area is 162 Å². The average molecular weight is 382 g/mol. The lowest BCUT2D eigenvalue weighted by molar-refractivity contribution is -0.133. The molecule has 1 aliphatic rings. The van der Waals surface area contributed by atoms with Crippen LogP contribution in [0.5, 0.6) is 0 Å². The van der Waals surface area contributed by atoms with E-state index in [4.69, 9.17) is 0 Å². The number of fused-ring (bicyclic) bond motifs is 1. The molecule has 1 amide bonds. The van der Waals surface area contributed by atoms with Crippen LogP contribution in [0, 0.1) is 6.92 Å². The highest BCUT2D eigenvalue weighted by molar-refractivity contribution is 7.14. The van der Waals surface area contributed by atoms with Gasteiger partial charge in [0.05, 0.1) is 23.8 Å². The molecule has 0 radical (unpaired) electrons. The fraction of sp³-hybridized carbons (Fsp3) is 0.421. The quantitative estimate of drug-likeness (QED) is 0.691. The first-order chi connectivity index (χ1) is 13.0. The van der Waals surface area contributed by atoms with Gasteiger partial charge in [0.1, 0.15) is 10.0 Å². The van der Waals surface area contributed by atoms with Gasteiger partial charge in [-0.3, -0.25) is 14.8 Å². The van der Waals surface area contributed by atoms with Crippen molar-refractivity contribution in [3.8, 4) is 10.6 Å². The molecule has 1 saturated heterocycles. The monoisotopic (exact) mass is 382 g/mol. The number of hydrogen-bond donors (Lipinski definition) is 0. The van der Waals surface area contributed by atoms with Crippen molar-refractivity contribution in [1.82, 2.24) is 30.0 Å². The Bertz CT molecular complexity index is 987. The molecule has 27 heavy (non-hydrogen) atoms. The van der Waals surface area contributed by atoms with Crippen molar-refractivity contribution in [2.24, 2.45) is 0 Å². The van der Waals surface area contributed by atoms with Crippen LogP contribution in [0.2, 0.25) is 0 Å². The molecule has 4 heterocycles. The number of amides is 1. The molecule has 0 bridgehead atoms. The van der Waals surface area contributed by atoms with Crippen LogP contribution in [0.15, 0.2) is 24.5 Å². The van der Waals surface area contributed by atoms with Crippen LogP contribution < -0.4 is 0 Å². The van der Waals surface area contributed by atoms with Crippen LogP contribution in [0.4, 0.5) is 0 Å². The Morgan fingerprint density at radius 2 is 2.07 bits per heavy atom. The van der Waals surface area contributed by atoms with Crippen molar-refractivity contribution in [3.63, 3.8) is 0 Å². The largest absolute Gasteiger partial charge is 0.340 e. The Hall–Kier alpha value is -2.45. The molecule has 0 aromatic carbocycles. The van der Waals surface area contributed by atoms with E-state index >= 15 is 0 Å². The summed E-state index contributed by atoms with van der Waals surface area (Å²) in [6, 6.07) is 4.38. The van der Waals surface area contributed by atoms with Crippen molar-refractivity contribution in [1.29, 1.82) is 0 Å². The summed E-state index contributed by atoms with van der Waals surface area (Å²) in [7, 11) is 2.10. The van der Waals surface area contributed by atoms with Gasteiger partial charge in [0, 0.05) is 42.8 Å². The first-order valence-electron chi connectivity index (χ1n) is 9.03. The summed E-state index contributed by atoms with van der Waals surface area (Å²) >= 11 is 1.54. The molecule has 0 saturated carbocycles. The molecule has 3 aromatic rings. The maximum Gasteiger partial charge on any atom is 0.228 e. The number of piperazine rings is 1. The third kappa shape index (κ3) is 3.81. The maximum absolute atomic E-state index is 12.7. The lowest BCUT2D eigenvalue weighted by Crippen LogP contribution is -2.52. The fourth-order valence-corrected chi connectivity index (χ4v) is 3.92. The number of nitrogens with zero attached hydrogens (tertiary/aromatic N) is 6. The molecule has 0 N–H and O–H groups in total. The first kappa shape index (κ1) is 17.9. The second kappa shape index (κ2) is 7.28. The van der Waals surface area contributed by atoms with E-state index in [0.717, 1.165) is 51.8 Å². The summed E-state index contributed by atoms with van der Waals surface area (Å²) < 4.78 is 0. The number of carbonyl (C=O) groups is 1. The lowest BCUT2D eigenvalue weighted by Gasteiger charge is -2.37. The van der Waals surface area contributed by atoms with Crippen LogP contribution in [-0.2, 0) is 11.2 Å². The Kier molecular flexibility index (Phi) is 4.84. The van der Waals surface area contributed by atoms with Gasteiger partial charge in [-0.05, 0) is 33.0 Å². The number of rotatable bonds is 3. The van der Waals surface area contributed by atoms with E-state index in [1.807, 2.05) is 24.0 Å². The van der Waals surface area contributed by atoms with Crippen molar-refractivity contribution >= 4 is 28.1 Å². The molecule has 8 heteroatoms. The lowest BCUT2D eigenvalue weighted by atomic mass is 10.1. The molecule has 7 nitrogen and oxygen atoms in total. The van der Waals surface area contributed by atoms with Gasteiger partial charge in [-0.1, -0.05) is 11.3 Å². The van der Waals surface area contributed by atoms with E-state index in [1.165, 1.54) is 0 Å². The molecular formula is C19H22N6OS. The minimum atomic E-state index is 0.130. The highest BCUT2D eigenvalue weighted by Gasteiger charge is 2.24. The molecule has 0 spiro atoms. The van der Waals surface area contributed by atoms with Crippen LogP contribution in [0.25, 0.3) is 21.5 Å². The van der Waals surface area contributed by atoms with Crippen molar-refractivity contribution < 1.29 is 4.79 Å². The predicted molar refractivity (Wildman–Crippen MR) is 106 cm³/mol. The van der Waals surface area contributed by atoms with Gasteiger partial charge in [-0.25, -0.2) is 0 Å². The fourth-order valence-electron chi connectivity index (χ4n) is 3.25. The predicted octanol–water partition coefficient (Wildman–Crippen LogP) is 2.16. The third-order valence-corrected chi connectivity index (χ3v) is 5.93.